The molecule has 1 unspecified atom stereocenters. The maximum absolute atomic E-state index is 13.7. The summed E-state index contributed by atoms with van der Waals surface area (Å²) in [5.41, 5.74) is 2.10. The second kappa shape index (κ2) is 7.57. The SMILES string of the molecule is CCNC(Cc1cccc(OC)c1)c1ccc(Br)c(F)c1. The number of benzene rings is 2. The molecule has 0 aliphatic rings. The minimum Gasteiger partial charge on any atom is -0.497 e. The first-order chi connectivity index (χ1) is 10.1. The van der Waals surface area contributed by atoms with E-state index < -0.39 is 0 Å². The van der Waals surface area contributed by atoms with Crippen LogP contribution in [0.1, 0.15) is 24.1 Å². The molecule has 0 spiro atoms. The molecule has 0 aliphatic heterocycles. The Labute approximate surface area is 133 Å². The van der Waals surface area contributed by atoms with Gasteiger partial charge in [0.05, 0.1) is 11.6 Å². The van der Waals surface area contributed by atoms with E-state index in [2.05, 4.69) is 27.3 Å². The summed E-state index contributed by atoms with van der Waals surface area (Å²) in [6, 6.07) is 13.3. The van der Waals surface area contributed by atoms with Crippen LogP contribution in [0, 0.1) is 5.82 Å². The highest BCUT2D eigenvalue weighted by molar-refractivity contribution is 9.10. The molecule has 0 radical (unpaired) electrons. The molecule has 0 aromatic heterocycles. The molecule has 0 fully saturated rings. The number of rotatable bonds is 6. The van der Waals surface area contributed by atoms with Crippen LogP contribution < -0.4 is 10.1 Å². The van der Waals surface area contributed by atoms with Crippen LogP contribution in [0.5, 0.6) is 5.75 Å². The van der Waals surface area contributed by atoms with E-state index in [9.17, 15) is 4.39 Å². The predicted molar refractivity (Wildman–Crippen MR) is 87.2 cm³/mol. The van der Waals surface area contributed by atoms with E-state index in [-0.39, 0.29) is 11.9 Å². The Morgan fingerprint density at radius 2 is 2.05 bits per heavy atom. The van der Waals surface area contributed by atoms with E-state index in [1.54, 1.807) is 19.2 Å². The van der Waals surface area contributed by atoms with Gasteiger partial charge in [0.2, 0.25) is 0 Å². The molecular formula is C17H19BrFNO. The van der Waals surface area contributed by atoms with Gasteiger partial charge in [-0.1, -0.05) is 25.1 Å². The molecule has 2 rings (SSSR count). The number of hydrogen-bond acceptors (Lipinski definition) is 2. The van der Waals surface area contributed by atoms with Crippen molar-refractivity contribution in [2.45, 2.75) is 19.4 Å². The normalized spacial score (nSPS) is 12.2. The van der Waals surface area contributed by atoms with Crippen molar-refractivity contribution in [3.63, 3.8) is 0 Å². The first kappa shape index (κ1) is 16.0. The molecular weight excluding hydrogens is 333 g/mol. The van der Waals surface area contributed by atoms with E-state index >= 15 is 0 Å². The summed E-state index contributed by atoms with van der Waals surface area (Å²) in [4.78, 5) is 0. The third-order valence-electron chi connectivity index (χ3n) is 3.37. The van der Waals surface area contributed by atoms with Crippen LogP contribution in [0.2, 0.25) is 0 Å². The molecule has 0 saturated heterocycles. The van der Waals surface area contributed by atoms with E-state index in [1.807, 2.05) is 31.2 Å². The lowest BCUT2D eigenvalue weighted by molar-refractivity contribution is 0.414. The average Bonchev–Trinajstić information content (AvgIpc) is 2.50. The van der Waals surface area contributed by atoms with E-state index in [4.69, 9.17) is 4.74 Å². The molecule has 1 atom stereocenters. The van der Waals surface area contributed by atoms with Crippen molar-refractivity contribution in [1.82, 2.24) is 5.32 Å². The molecule has 4 heteroatoms. The van der Waals surface area contributed by atoms with Crippen molar-refractivity contribution in [2.24, 2.45) is 0 Å². The second-order valence-electron chi connectivity index (χ2n) is 4.84. The zero-order valence-corrected chi connectivity index (χ0v) is 13.8. The molecule has 0 heterocycles. The molecule has 2 nitrogen and oxygen atoms in total. The number of hydrogen-bond donors (Lipinski definition) is 1. The summed E-state index contributed by atoms with van der Waals surface area (Å²) >= 11 is 3.19. The fourth-order valence-corrected chi connectivity index (χ4v) is 2.57. The molecule has 1 N–H and O–H groups in total. The van der Waals surface area contributed by atoms with Gasteiger partial charge in [-0.15, -0.1) is 0 Å². The lowest BCUT2D eigenvalue weighted by Crippen LogP contribution is -2.23. The molecule has 21 heavy (non-hydrogen) atoms. The van der Waals surface area contributed by atoms with E-state index in [0.29, 0.717) is 4.47 Å². The number of methoxy groups -OCH3 is 1. The van der Waals surface area contributed by atoms with Gasteiger partial charge in [0.1, 0.15) is 11.6 Å². The van der Waals surface area contributed by atoms with Gasteiger partial charge in [0.15, 0.2) is 0 Å². The highest BCUT2D eigenvalue weighted by Crippen LogP contribution is 2.24. The molecule has 0 bridgehead atoms. The third kappa shape index (κ3) is 4.29. The number of halogens is 2. The Morgan fingerprint density at radius 3 is 2.71 bits per heavy atom. The van der Waals surface area contributed by atoms with Crippen LogP contribution >= 0.6 is 15.9 Å². The first-order valence-electron chi connectivity index (χ1n) is 6.95. The second-order valence-corrected chi connectivity index (χ2v) is 5.69. The lowest BCUT2D eigenvalue weighted by Gasteiger charge is -2.19. The number of nitrogens with one attached hydrogen (secondary N) is 1. The first-order valence-corrected chi connectivity index (χ1v) is 7.74. The van der Waals surface area contributed by atoms with Gasteiger partial charge in [0.25, 0.3) is 0 Å². The van der Waals surface area contributed by atoms with Crippen molar-refractivity contribution in [1.29, 1.82) is 0 Å². The zero-order valence-electron chi connectivity index (χ0n) is 12.2. The van der Waals surface area contributed by atoms with Crippen molar-refractivity contribution in [3.8, 4) is 5.75 Å². The minimum atomic E-state index is -0.235. The smallest absolute Gasteiger partial charge is 0.137 e. The van der Waals surface area contributed by atoms with Crippen LogP contribution in [0.3, 0.4) is 0 Å². The van der Waals surface area contributed by atoms with E-state index in [1.165, 1.54) is 0 Å². The standard InChI is InChI=1S/C17H19BrFNO/c1-3-20-17(13-7-8-15(18)16(19)11-13)10-12-5-4-6-14(9-12)21-2/h4-9,11,17,20H,3,10H2,1-2H3. The molecule has 2 aromatic carbocycles. The summed E-state index contributed by atoms with van der Waals surface area (Å²) in [5.74, 6) is 0.603. The minimum absolute atomic E-state index is 0.0738. The van der Waals surface area contributed by atoms with Crippen molar-refractivity contribution in [3.05, 3.63) is 63.9 Å². The summed E-state index contributed by atoms with van der Waals surface area (Å²) < 4.78 is 19.5. The van der Waals surface area contributed by atoms with Crippen molar-refractivity contribution < 1.29 is 9.13 Å². The topological polar surface area (TPSA) is 21.3 Å². The molecule has 2 aromatic rings. The van der Waals surface area contributed by atoms with Gasteiger partial charge in [-0.05, 0) is 64.3 Å². The highest BCUT2D eigenvalue weighted by atomic mass is 79.9. The number of likely N-dealkylation sites (N-methyl/N-ethyl adjacent to an activating group) is 1. The van der Waals surface area contributed by atoms with Crippen LogP contribution in [-0.4, -0.2) is 13.7 Å². The fraction of sp³-hybridized carbons (Fsp3) is 0.294. The Balaban J connectivity index is 2.23. The van der Waals surface area contributed by atoms with Crippen LogP contribution in [0.4, 0.5) is 4.39 Å². The Bertz CT molecular complexity index is 603. The quantitative estimate of drug-likeness (QED) is 0.827. The fourth-order valence-electron chi connectivity index (χ4n) is 2.32. The van der Waals surface area contributed by atoms with Gasteiger partial charge in [-0.3, -0.25) is 0 Å². The lowest BCUT2D eigenvalue weighted by atomic mass is 9.98. The van der Waals surface area contributed by atoms with Crippen molar-refractivity contribution in [2.75, 3.05) is 13.7 Å². The maximum Gasteiger partial charge on any atom is 0.137 e. The van der Waals surface area contributed by atoms with Crippen LogP contribution in [0.15, 0.2) is 46.9 Å². The van der Waals surface area contributed by atoms with Gasteiger partial charge in [0, 0.05) is 6.04 Å². The maximum atomic E-state index is 13.7. The largest absolute Gasteiger partial charge is 0.497 e. The molecule has 0 saturated carbocycles. The number of ether oxygens (including phenoxy) is 1. The van der Waals surface area contributed by atoms with Gasteiger partial charge >= 0.3 is 0 Å². The molecule has 0 aliphatic carbocycles. The summed E-state index contributed by atoms with van der Waals surface area (Å²) in [5, 5.41) is 3.41. The van der Waals surface area contributed by atoms with Gasteiger partial charge in [-0.25, -0.2) is 4.39 Å². The Hall–Kier alpha value is -1.39. The van der Waals surface area contributed by atoms with Crippen molar-refractivity contribution >= 4 is 15.9 Å². The van der Waals surface area contributed by atoms with Gasteiger partial charge in [-0.2, -0.15) is 0 Å². The third-order valence-corrected chi connectivity index (χ3v) is 4.01. The predicted octanol–water partition coefficient (Wildman–Crippen LogP) is 4.49. The summed E-state index contributed by atoms with van der Waals surface area (Å²) in [6.45, 7) is 2.88. The molecule has 0 amide bonds. The zero-order chi connectivity index (χ0) is 15.2. The molecule has 112 valence electrons. The van der Waals surface area contributed by atoms with Crippen LogP contribution in [-0.2, 0) is 6.42 Å². The Morgan fingerprint density at radius 1 is 1.24 bits per heavy atom. The monoisotopic (exact) mass is 351 g/mol. The Kier molecular flexibility index (Phi) is 5.76. The average molecular weight is 352 g/mol. The summed E-state index contributed by atoms with van der Waals surface area (Å²) in [6.07, 6.45) is 0.784. The van der Waals surface area contributed by atoms with Crippen LogP contribution in [0.25, 0.3) is 0 Å². The highest BCUT2D eigenvalue weighted by Gasteiger charge is 2.13. The van der Waals surface area contributed by atoms with Gasteiger partial charge < -0.3 is 10.1 Å². The summed E-state index contributed by atoms with van der Waals surface area (Å²) in [7, 11) is 1.66. The van der Waals surface area contributed by atoms with E-state index in [0.717, 1.165) is 29.8 Å².